The fourth-order valence-corrected chi connectivity index (χ4v) is 3.14. The molecule has 3 rings (SSSR count). The van der Waals surface area contributed by atoms with Gasteiger partial charge in [0, 0.05) is 13.2 Å². The van der Waals surface area contributed by atoms with E-state index in [2.05, 4.69) is 36.9 Å². The average Bonchev–Trinajstić information content (AvgIpc) is 2.83. The molecule has 0 unspecified atom stereocenters. The second-order valence-corrected chi connectivity index (χ2v) is 5.05. The lowest BCUT2D eigenvalue weighted by Crippen LogP contribution is -2.24. The van der Waals surface area contributed by atoms with Crippen molar-refractivity contribution in [2.45, 2.75) is 44.3 Å². The van der Waals surface area contributed by atoms with Gasteiger partial charge in [-0.05, 0) is 37.3 Å². The van der Waals surface area contributed by atoms with Crippen LogP contribution in [0.4, 0.5) is 0 Å². The van der Waals surface area contributed by atoms with Crippen LogP contribution in [0.5, 0.6) is 0 Å². The molecule has 1 aromatic heterocycles. The highest BCUT2D eigenvalue weighted by Gasteiger charge is 2.60. The Bertz CT molecular complexity index is 370. The van der Waals surface area contributed by atoms with Gasteiger partial charge in [0.15, 0.2) is 0 Å². The number of aryl methyl sites for hydroxylation is 1. The number of nitrogens with zero attached hydrogens (tertiary/aromatic N) is 1. The van der Waals surface area contributed by atoms with Gasteiger partial charge in [0.25, 0.3) is 0 Å². The minimum atomic E-state index is 0.101. The molecule has 1 aliphatic carbocycles. The third-order valence-corrected chi connectivity index (χ3v) is 4.24. The Hall–Kier alpha value is -0.760. The number of aromatic nitrogens is 1. The van der Waals surface area contributed by atoms with E-state index < -0.39 is 0 Å². The SMILES string of the molecule is CC[C@@H]1CC[C@]2(c3cccn3C)O[C@@H]2C1. The van der Waals surface area contributed by atoms with Crippen LogP contribution >= 0.6 is 0 Å². The summed E-state index contributed by atoms with van der Waals surface area (Å²) in [6, 6.07) is 4.33. The lowest BCUT2D eigenvalue weighted by Gasteiger charge is -2.24. The monoisotopic (exact) mass is 205 g/mol. The van der Waals surface area contributed by atoms with Crippen LogP contribution in [-0.2, 0) is 17.4 Å². The van der Waals surface area contributed by atoms with Crippen LogP contribution in [0.2, 0.25) is 0 Å². The Morgan fingerprint density at radius 3 is 3.07 bits per heavy atom. The van der Waals surface area contributed by atoms with E-state index >= 15 is 0 Å². The lowest BCUT2D eigenvalue weighted by atomic mass is 9.79. The van der Waals surface area contributed by atoms with E-state index in [-0.39, 0.29) is 5.60 Å². The lowest BCUT2D eigenvalue weighted by molar-refractivity contribution is 0.273. The number of rotatable bonds is 2. The van der Waals surface area contributed by atoms with Gasteiger partial charge in [-0.15, -0.1) is 0 Å². The maximum Gasteiger partial charge on any atom is 0.134 e. The Morgan fingerprint density at radius 2 is 2.47 bits per heavy atom. The molecule has 1 aliphatic heterocycles. The van der Waals surface area contributed by atoms with Crippen molar-refractivity contribution in [3.8, 4) is 0 Å². The van der Waals surface area contributed by atoms with Crippen molar-refractivity contribution in [1.82, 2.24) is 4.57 Å². The largest absolute Gasteiger partial charge is 0.359 e. The topological polar surface area (TPSA) is 17.5 Å². The summed E-state index contributed by atoms with van der Waals surface area (Å²) >= 11 is 0. The molecule has 82 valence electrons. The molecule has 2 heterocycles. The highest BCUT2D eigenvalue weighted by atomic mass is 16.6. The molecule has 2 fully saturated rings. The fraction of sp³-hybridized carbons (Fsp3) is 0.692. The zero-order valence-electron chi connectivity index (χ0n) is 9.57. The van der Waals surface area contributed by atoms with Crippen LogP contribution < -0.4 is 0 Å². The van der Waals surface area contributed by atoms with Gasteiger partial charge in [-0.1, -0.05) is 13.3 Å². The molecule has 3 atom stereocenters. The molecular formula is C13H19NO. The first-order chi connectivity index (χ1) is 7.26. The van der Waals surface area contributed by atoms with Crippen molar-refractivity contribution in [3.05, 3.63) is 24.0 Å². The standard InChI is InChI=1S/C13H19NO/c1-3-10-6-7-13(12(9-10)15-13)11-5-4-8-14(11)2/h4-5,8,10,12H,3,6-7,9H2,1-2H3/t10-,12-,13-/m1/s1. The molecule has 0 amide bonds. The van der Waals surface area contributed by atoms with E-state index in [0.717, 1.165) is 5.92 Å². The summed E-state index contributed by atoms with van der Waals surface area (Å²) in [5.41, 5.74) is 1.48. The number of fused-ring (bicyclic) bond motifs is 1. The van der Waals surface area contributed by atoms with Crippen molar-refractivity contribution in [3.63, 3.8) is 0 Å². The maximum atomic E-state index is 6.00. The smallest absolute Gasteiger partial charge is 0.134 e. The third kappa shape index (κ3) is 1.27. The molecule has 1 aromatic rings. The summed E-state index contributed by atoms with van der Waals surface area (Å²) in [6.07, 6.45) is 7.75. The Balaban J connectivity index is 1.83. The van der Waals surface area contributed by atoms with Gasteiger partial charge in [0.2, 0.25) is 0 Å². The van der Waals surface area contributed by atoms with Gasteiger partial charge in [-0.2, -0.15) is 0 Å². The van der Waals surface area contributed by atoms with Gasteiger partial charge in [-0.25, -0.2) is 0 Å². The van der Waals surface area contributed by atoms with Crippen LogP contribution in [0.1, 0.15) is 38.3 Å². The van der Waals surface area contributed by atoms with Crippen molar-refractivity contribution < 1.29 is 4.74 Å². The molecule has 2 nitrogen and oxygen atoms in total. The first kappa shape index (κ1) is 9.46. The minimum Gasteiger partial charge on any atom is -0.359 e. The second-order valence-electron chi connectivity index (χ2n) is 5.05. The summed E-state index contributed by atoms with van der Waals surface area (Å²) in [5, 5.41) is 0. The van der Waals surface area contributed by atoms with E-state index in [1.165, 1.54) is 31.4 Å². The van der Waals surface area contributed by atoms with Gasteiger partial charge < -0.3 is 9.30 Å². The van der Waals surface area contributed by atoms with E-state index in [9.17, 15) is 0 Å². The van der Waals surface area contributed by atoms with Crippen LogP contribution in [0, 0.1) is 5.92 Å². The summed E-state index contributed by atoms with van der Waals surface area (Å²) in [7, 11) is 2.12. The zero-order chi connectivity index (χ0) is 10.5. The molecule has 0 N–H and O–H groups in total. The Labute approximate surface area is 91.2 Å². The molecule has 2 aliphatic rings. The summed E-state index contributed by atoms with van der Waals surface area (Å²) in [5.74, 6) is 0.894. The molecule has 15 heavy (non-hydrogen) atoms. The summed E-state index contributed by atoms with van der Waals surface area (Å²) in [4.78, 5) is 0. The zero-order valence-corrected chi connectivity index (χ0v) is 9.57. The molecule has 1 saturated carbocycles. The third-order valence-electron chi connectivity index (χ3n) is 4.24. The fourth-order valence-electron chi connectivity index (χ4n) is 3.14. The molecule has 1 saturated heterocycles. The average molecular weight is 205 g/mol. The van der Waals surface area contributed by atoms with Crippen molar-refractivity contribution in [1.29, 1.82) is 0 Å². The first-order valence-corrected chi connectivity index (χ1v) is 6.06. The Morgan fingerprint density at radius 1 is 1.60 bits per heavy atom. The van der Waals surface area contributed by atoms with Gasteiger partial charge in [0.05, 0.1) is 11.8 Å². The Kier molecular flexibility index (Phi) is 1.96. The summed E-state index contributed by atoms with van der Waals surface area (Å²) < 4.78 is 8.22. The summed E-state index contributed by atoms with van der Waals surface area (Å²) in [6.45, 7) is 2.29. The van der Waals surface area contributed by atoms with E-state index in [1.54, 1.807) is 0 Å². The van der Waals surface area contributed by atoms with Crippen molar-refractivity contribution >= 4 is 0 Å². The van der Waals surface area contributed by atoms with Crippen LogP contribution in [0.25, 0.3) is 0 Å². The molecular weight excluding hydrogens is 186 g/mol. The normalized spacial score (nSPS) is 38.8. The minimum absolute atomic E-state index is 0.101. The molecule has 2 heteroatoms. The van der Waals surface area contributed by atoms with Crippen molar-refractivity contribution in [2.24, 2.45) is 13.0 Å². The van der Waals surface area contributed by atoms with Gasteiger partial charge in [-0.3, -0.25) is 0 Å². The molecule has 0 radical (unpaired) electrons. The molecule has 0 aromatic carbocycles. The predicted octanol–water partition coefficient (Wildman–Crippen LogP) is 2.83. The van der Waals surface area contributed by atoms with Crippen LogP contribution in [0.3, 0.4) is 0 Å². The van der Waals surface area contributed by atoms with E-state index in [1.807, 2.05) is 0 Å². The van der Waals surface area contributed by atoms with Crippen LogP contribution in [-0.4, -0.2) is 10.7 Å². The number of hydrogen-bond donors (Lipinski definition) is 0. The van der Waals surface area contributed by atoms with Crippen LogP contribution in [0.15, 0.2) is 18.3 Å². The first-order valence-electron chi connectivity index (χ1n) is 6.06. The highest BCUT2D eigenvalue weighted by Crippen LogP contribution is 2.56. The predicted molar refractivity (Wildman–Crippen MR) is 59.6 cm³/mol. The van der Waals surface area contributed by atoms with Crippen molar-refractivity contribution in [2.75, 3.05) is 0 Å². The molecule has 0 spiro atoms. The van der Waals surface area contributed by atoms with E-state index in [0.29, 0.717) is 6.10 Å². The number of hydrogen-bond acceptors (Lipinski definition) is 1. The quantitative estimate of drug-likeness (QED) is 0.679. The van der Waals surface area contributed by atoms with E-state index in [4.69, 9.17) is 4.74 Å². The maximum absolute atomic E-state index is 6.00. The number of ether oxygens (including phenoxy) is 1. The van der Waals surface area contributed by atoms with Gasteiger partial charge >= 0.3 is 0 Å². The highest BCUT2D eigenvalue weighted by molar-refractivity contribution is 5.25. The second kappa shape index (κ2) is 3.11. The number of epoxide rings is 1. The van der Waals surface area contributed by atoms with Gasteiger partial charge in [0.1, 0.15) is 5.60 Å². The molecule has 0 bridgehead atoms.